The molecule has 1 aliphatic carbocycles. The van der Waals surface area contributed by atoms with Crippen molar-refractivity contribution in [3.05, 3.63) is 24.3 Å². The minimum atomic E-state index is -0.226. The number of halogens is 2. The van der Waals surface area contributed by atoms with Gasteiger partial charge >= 0.3 is 34.5 Å². The summed E-state index contributed by atoms with van der Waals surface area (Å²) in [6.45, 7) is 0. The van der Waals surface area contributed by atoms with Crippen LogP contribution in [0, 0.1) is 0 Å². The normalized spacial score (nSPS) is 14.9. The molecular formula is C6H8Cl2Rh. The average molecular weight is 254 g/mol. The van der Waals surface area contributed by atoms with E-state index in [4.69, 9.17) is 19.4 Å². The molecule has 0 aromatic rings. The van der Waals surface area contributed by atoms with E-state index in [9.17, 15) is 0 Å². The van der Waals surface area contributed by atoms with Gasteiger partial charge in [-0.2, -0.15) is 0 Å². The number of hydrogen-bond acceptors (Lipinski definition) is 0. The molecule has 0 heterocycles. The third-order valence-corrected chi connectivity index (χ3v) is 0.883. The van der Waals surface area contributed by atoms with Crippen LogP contribution >= 0.6 is 19.4 Å². The van der Waals surface area contributed by atoms with Gasteiger partial charge in [0, 0.05) is 0 Å². The summed E-state index contributed by atoms with van der Waals surface area (Å²) in [7, 11) is 9.67. The van der Waals surface area contributed by atoms with Crippen molar-refractivity contribution in [2.75, 3.05) is 0 Å². The van der Waals surface area contributed by atoms with E-state index < -0.39 is 0 Å². The van der Waals surface area contributed by atoms with E-state index in [0.29, 0.717) is 0 Å². The molecule has 0 aromatic carbocycles. The van der Waals surface area contributed by atoms with Crippen molar-refractivity contribution in [2.24, 2.45) is 0 Å². The van der Waals surface area contributed by atoms with E-state index in [1.165, 1.54) is 12.8 Å². The van der Waals surface area contributed by atoms with Gasteiger partial charge in [0.15, 0.2) is 0 Å². The predicted octanol–water partition coefficient (Wildman–Crippen LogP) is 3.27. The van der Waals surface area contributed by atoms with Crippen LogP contribution in [0.5, 0.6) is 0 Å². The predicted molar refractivity (Wildman–Crippen MR) is 39.2 cm³/mol. The van der Waals surface area contributed by atoms with Crippen LogP contribution in [-0.2, 0) is 15.1 Å². The summed E-state index contributed by atoms with van der Waals surface area (Å²) in [5.74, 6) is 0. The first-order valence-corrected chi connectivity index (χ1v) is 6.79. The van der Waals surface area contributed by atoms with Crippen LogP contribution in [0.15, 0.2) is 24.3 Å². The topological polar surface area (TPSA) is 0 Å². The molecule has 0 aliphatic heterocycles. The molecule has 1 aliphatic rings. The van der Waals surface area contributed by atoms with Gasteiger partial charge in [0.2, 0.25) is 0 Å². The van der Waals surface area contributed by atoms with E-state index in [2.05, 4.69) is 24.3 Å². The molecule has 0 unspecified atom stereocenters. The Balaban J connectivity index is 0.000000187. The molecule has 0 fully saturated rings. The molecule has 0 atom stereocenters. The number of rotatable bonds is 0. The second kappa shape index (κ2) is 8.68. The first-order valence-electron chi connectivity index (χ1n) is 2.57. The van der Waals surface area contributed by atoms with Gasteiger partial charge in [-0.05, 0) is 12.8 Å². The van der Waals surface area contributed by atoms with Crippen LogP contribution in [-0.4, -0.2) is 0 Å². The second-order valence-electron chi connectivity index (χ2n) is 1.48. The van der Waals surface area contributed by atoms with Crippen LogP contribution in [0.2, 0.25) is 0 Å². The minimum absolute atomic E-state index is 0.226. The summed E-state index contributed by atoms with van der Waals surface area (Å²) in [6.07, 6.45) is 11.0. The Labute approximate surface area is 71.6 Å². The van der Waals surface area contributed by atoms with Crippen LogP contribution in [0.25, 0.3) is 0 Å². The summed E-state index contributed by atoms with van der Waals surface area (Å²) in [6, 6.07) is 0. The SMILES string of the molecule is C1=CCCC=C1.[Cl][Rh][Cl]. The molecule has 9 heavy (non-hydrogen) atoms. The van der Waals surface area contributed by atoms with E-state index in [1.807, 2.05) is 0 Å². The first-order chi connectivity index (χ1) is 4.41. The fourth-order valence-corrected chi connectivity index (χ4v) is 0.542. The molecule has 0 bridgehead atoms. The van der Waals surface area contributed by atoms with Gasteiger partial charge in [0.05, 0.1) is 0 Å². The van der Waals surface area contributed by atoms with Gasteiger partial charge < -0.3 is 0 Å². The molecular weight excluding hydrogens is 246 g/mol. The van der Waals surface area contributed by atoms with Gasteiger partial charge in [-0.15, -0.1) is 0 Å². The summed E-state index contributed by atoms with van der Waals surface area (Å²) in [4.78, 5) is 0. The summed E-state index contributed by atoms with van der Waals surface area (Å²) >= 11 is -0.226. The fraction of sp³-hybridized carbons (Fsp3) is 0.333. The average Bonchev–Trinajstić information content (AvgIpc) is 1.93. The van der Waals surface area contributed by atoms with Crippen LogP contribution < -0.4 is 0 Å². The summed E-state index contributed by atoms with van der Waals surface area (Å²) in [5.41, 5.74) is 0. The molecule has 0 aromatic heterocycles. The van der Waals surface area contributed by atoms with Crippen molar-refractivity contribution in [3.63, 3.8) is 0 Å². The van der Waals surface area contributed by atoms with Gasteiger partial charge in [-0.1, -0.05) is 24.3 Å². The van der Waals surface area contributed by atoms with E-state index in [1.54, 1.807) is 0 Å². The van der Waals surface area contributed by atoms with Gasteiger partial charge in [0.25, 0.3) is 0 Å². The van der Waals surface area contributed by atoms with Gasteiger partial charge in [-0.25, -0.2) is 0 Å². The third-order valence-electron chi connectivity index (χ3n) is 0.883. The standard InChI is InChI=1S/C6H8.2ClH.Rh/c1-2-4-6-5-3-1;;;/h1-4H,5-6H2;2*1H;/q;;;+2/p-2. The molecule has 0 amide bonds. The van der Waals surface area contributed by atoms with Gasteiger partial charge in [0.1, 0.15) is 0 Å². The quantitative estimate of drug-likeness (QED) is 0.582. The number of hydrogen-bond donors (Lipinski definition) is 0. The molecule has 0 saturated heterocycles. The Morgan fingerprint density at radius 2 is 1.33 bits per heavy atom. The Morgan fingerprint density at radius 1 is 1.00 bits per heavy atom. The zero-order valence-electron chi connectivity index (χ0n) is 4.81. The monoisotopic (exact) mass is 253 g/mol. The van der Waals surface area contributed by atoms with E-state index >= 15 is 0 Å². The van der Waals surface area contributed by atoms with Crippen LogP contribution in [0.1, 0.15) is 12.8 Å². The Morgan fingerprint density at radius 3 is 1.44 bits per heavy atom. The molecule has 0 saturated carbocycles. The van der Waals surface area contributed by atoms with Crippen molar-refractivity contribution < 1.29 is 15.1 Å². The second-order valence-corrected chi connectivity index (χ2v) is 3.97. The van der Waals surface area contributed by atoms with Crippen LogP contribution in [0.4, 0.5) is 0 Å². The molecule has 1 rings (SSSR count). The molecule has 3 heteroatoms. The molecule has 0 N–H and O–H groups in total. The molecule has 0 spiro atoms. The van der Waals surface area contributed by atoms with Crippen molar-refractivity contribution >= 4 is 19.4 Å². The molecule has 0 nitrogen and oxygen atoms in total. The van der Waals surface area contributed by atoms with Crippen molar-refractivity contribution in [1.29, 1.82) is 0 Å². The molecule has 0 radical (unpaired) electrons. The van der Waals surface area contributed by atoms with E-state index in [-0.39, 0.29) is 15.1 Å². The zero-order chi connectivity index (χ0) is 6.95. The van der Waals surface area contributed by atoms with Crippen molar-refractivity contribution in [1.82, 2.24) is 0 Å². The summed E-state index contributed by atoms with van der Waals surface area (Å²) in [5, 5.41) is 0. The fourth-order valence-electron chi connectivity index (χ4n) is 0.542. The zero-order valence-corrected chi connectivity index (χ0v) is 7.96. The Hall–Kier alpha value is 0.683. The van der Waals surface area contributed by atoms with Crippen LogP contribution in [0.3, 0.4) is 0 Å². The maximum atomic E-state index is 4.83. The Kier molecular flexibility index (Phi) is 9.34. The third kappa shape index (κ3) is 8.68. The van der Waals surface area contributed by atoms with E-state index in [0.717, 1.165) is 0 Å². The Bertz CT molecular complexity index is 87.2. The maximum absolute atomic E-state index is 4.83. The number of allylic oxidation sites excluding steroid dienone is 4. The van der Waals surface area contributed by atoms with Gasteiger partial charge in [-0.3, -0.25) is 0 Å². The van der Waals surface area contributed by atoms with Crippen molar-refractivity contribution in [2.45, 2.75) is 12.8 Å². The van der Waals surface area contributed by atoms with Crippen molar-refractivity contribution in [3.8, 4) is 0 Å². The first kappa shape index (κ1) is 9.68. The summed E-state index contributed by atoms with van der Waals surface area (Å²) < 4.78 is 0. The molecule has 55 valence electrons.